The van der Waals surface area contributed by atoms with Gasteiger partial charge in [0.25, 0.3) is 11.8 Å². The fourth-order valence-corrected chi connectivity index (χ4v) is 14.0. The highest BCUT2D eigenvalue weighted by atomic mass is 16.6. The number of rotatable bonds is 7. The number of carbonyl (C=O) groups is 13. The van der Waals surface area contributed by atoms with Crippen LogP contribution in [-0.4, -0.2) is 266 Å². The number of nitrogens with two attached hydrogens (primary N) is 1. The first-order valence-electron chi connectivity index (χ1n) is 41.4. The van der Waals surface area contributed by atoms with Crippen LogP contribution in [0.4, 0.5) is 32.3 Å². The Labute approximate surface area is 712 Å². The number of aliphatic hydroxyl groups is 1. The Morgan fingerprint density at radius 1 is 0.585 bits per heavy atom. The summed E-state index contributed by atoms with van der Waals surface area (Å²) in [5, 5.41) is 37.8. The van der Waals surface area contributed by atoms with Crippen molar-refractivity contribution in [2.75, 3.05) is 153 Å². The number of carboxylic acids is 1. The van der Waals surface area contributed by atoms with Gasteiger partial charge in [-0.1, -0.05) is 43.3 Å². The lowest BCUT2D eigenvalue weighted by Gasteiger charge is -2.31. The summed E-state index contributed by atoms with van der Waals surface area (Å²) in [6, 6.07) is 13.8. The number of amides is 10. The van der Waals surface area contributed by atoms with E-state index >= 15 is 0 Å². The maximum atomic E-state index is 14.4. The van der Waals surface area contributed by atoms with Crippen LogP contribution >= 0.6 is 0 Å². The van der Waals surface area contributed by atoms with Gasteiger partial charge in [-0.15, -0.1) is 0 Å². The molecule has 11 rings (SSSR count). The number of aliphatic hydroxyl groups excluding tert-OH is 1. The van der Waals surface area contributed by atoms with Crippen LogP contribution in [0.1, 0.15) is 135 Å². The number of Topliss-reactive ketones (excluding diaryl/α,β-unsaturated/α-hetero) is 1. The van der Waals surface area contributed by atoms with Crippen LogP contribution in [0.25, 0.3) is 0 Å². The number of benzene rings is 4. The number of unbranched alkanes of at least 4 members (excludes halogenated alkanes) is 1. The minimum absolute atomic E-state index is 0.0137. The number of carboxylic acid groups (broad SMARTS) is 1. The van der Waals surface area contributed by atoms with E-state index in [1.54, 1.807) is 61.2 Å². The zero-order chi connectivity index (χ0) is 88.3. The molecule has 4 aromatic rings. The number of nitrogens with one attached hydrogen (secondary N) is 6. The van der Waals surface area contributed by atoms with Gasteiger partial charge in [-0.05, 0) is 125 Å². The molecule has 10 amide bonds. The first kappa shape index (κ1) is 95.4. The van der Waals surface area contributed by atoms with Crippen LogP contribution in [0.2, 0.25) is 0 Å². The van der Waals surface area contributed by atoms with E-state index in [1.807, 2.05) is 0 Å². The van der Waals surface area contributed by atoms with Crippen LogP contribution in [0, 0.1) is 12.8 Å². The molecule has 4 aromatic carbocycles. The molecule has 7 heterocycles. The fraction of sp³-hybridized carbons (Fsp3) is 0.523. The van der Waals surface area contributed by atoms with E-state index in [9.17, 15) is 72.5 Å². The Morgan fingerprint density at radius 2 is 1.16 bits per heavy atom. The molecule has 0 radical (unpaired) electrons. The van der Waals surface area contributed by atoms with E-state index < -0.39 is 102 Å². The normalized spacial score (nSPS) is 23.1. The highest BCUT2D eigenvalue weighted by Gasteiger charge is 2.47. The molecule has 37 heteroatoms. The summed E-state index contributed by atoms with van der Waals surface area (Å²) < 4.78 is 63.3. The summed E-state index contributed by atoms with van der Waals surface area (Å²) in [7, 11) is 1.41. The quantitative estimate of drug-likeness (QED) is 0.0834. The molecule has 7 aliphatic rings. The van der Waals surface area contributed by atoms with Crippen LogP contribution in [0.5, 0.6) is 17.2 Å². The van der Waals surface area contributed by atoms with Crippen molar-refractivity contribution in [2.45, 2.75) is 154 Å². The van der Waals surface area contributed by atoms with Gasteiger partial charge in [-0.25, -0.2) is 14.5 Å². The van der Waals surface area contributed by atoms with Crippen LogP contribution in [-0.2, 0) is 94.3 Å². The second kappa shape index (κ2) is 49.0. The maximum absolute atomic E-state index is 14.4. The smallest absolute Gasteiger partial charge is 0.416 e. The van der Waals surface area contributed by atoms with Crippen molar-refractivity contribution in [3.8, 4) is 17.2 Å². The average molecular weight is 1720 g/mol. The molecule has 37 nitrogen and oxygen atoms in total. The zero-order valence-electron chi connectivity index (χ0n) is 69.9. The summed E-state index contributed by atoms with van der Waals surface area (Å²) in [5.74, 6) is -6.52. The Morgan fingerprint density at radius 3 is 1.80 bits per heavy atom. The molecule has 668 valence electrons. The molecule has 0 aliphatic carbocycles. The first-order valence-corrected chi connectivity index (χ1v) is 41.4. The lowest BCUT2D eigenvalue weighted by molar-refractivity contribution is -0.140. The number of anilines is 4. The highest BCUT2D eigenvalue weighted by molar-refractivity contribution is 6.08. The number of fused-ring (bicyclic) bond motifs is 4. The van der Waals surface area contributed by atoms with E-state index in [0.717, 1.165) is 11.0 Å². The third kappa shape index (κ3) is 29.4. The molecule has 0 aromatic heterocycles. The molecule has 2 fully saturated rings. The lowest BCUT2D eigenvalue weighted by Crippen LogP contribution is -2.53. The van der Waals surface area contributed by atoms with E-state index in [2.05, 4.69) is 38.5 Å². The van der Waals surface area contributed by atoms with E-state index in [1.165, 1.54) is 60.2 Å². The van der Waals surface area contributed by atoms with Gasteiger partial charge in [0.05, 0.1) is 140 Å². The predicted octanol–water partition coefficient (Wildman–Crippen LogP) is 5.32. The molecule has 0 spiro atoms. The third-order valence-electron chi connectivity index (χ3n) is 20.7. The fourth-order valence-electron chi connectivity index (χ4n) is 14.0. The summed E-state index contributed by atoms with van der Waals surface area (Å²) >= 11 is 0. The van der Waals surface area contributed by atoms with Crippen molar-refractivity contribution in [3.63, 3.8) is 0 Å². The van der Waals surface area contributed by atoms with Crippen LogP contribution < -0.4 is 61.6 Å². The SMILES string of the molecule is C=C1C[C@H]2C(O)N3C(=O)OCc4ccc(cc4)NC(=O)[C@H](C)CC(=O)[C@H](C)NC(=O)CCOCCOCCOCCCC(=O)C=CC(=O)NCCOCCOCCOCCC(=O)N[C@@H](CCCCN)C(=O)N[C@@H](CC(=O)O)C(=O)Nc4ccc(cc4)COC(=O)N4C[C@@H]5CCCN5C(=O)c5cc(OC)c(cc54)OCCCOc4cc3c(cc4C)C(=O)N2C1. The van der Waals surface area contributed by atoms with E-state index in [0.29, 0.717) is 73.1 Å². The largest absolute Gasteiger partial charge is 0.493 e. The Kier molecular flexibility index (Phi) is 38.0. The van der Waals surface area contributed by atoms with Gasteiger partial charge < -0.3 is 110 Å². The Bertz CT molecular complexity index is 4370. The molecule has 2 saturated heterocycles. The van der Waals surface area contributed by atoms with Crippen molar-refractivity contribution in [1.82, 2.24) is 31.1 Å². The number of ether oxygens (including phenoxy) is 11. The molecule has 123 heavy (non-hydrogen) atoms. The van der Waals surface area contributed by atoms with Crippen molar-refractivity contribution in [3.05, 3.63) is 125 Å². The molecule has 10 N–H and O–H groups in total. The second-order valence-corrected chi connectivity index (χ2v) is 30.1. The molecule has 7 aliphatic heterocycles. The van der Waals surface area contributed by atoms with Crippen LogP contribution in [0.3, 0.4) is 0 Å². The standard InChI is InChI=1S/C86H113N11O26/c1-54-43-70-84(110)97-69-49-72(55(2)44-64(69)83(109)95(70)50-54)120-30-10-31-121-74-48-68-65(46-73(74)113-5)82(108)94-28-8-11-62(94)51-96(68)85(111)122-52-58-16-20-61(21-17-58)91-81(107)67(47-78(103)104)93-80(106)66(13-6-7-26-87)92-77(102)25-33-116-37-41-119-42-38-117-34-27-88-75(100)23-22-63(98)12-9-29-114-35-39-118-40-36-115-32-24-76(101)89-57(4)71(99)45-56(3)79(105)90-60-18-14-59(15-19-60)53-123-86(97)112/h14-23,44,46,48-49,56-57,62,66-67,70,84,110H,1,6-13,24-43,45,47,50-53,87H2,2-5H3,(H,88,100)(H,89,101)(H,90,105)(H,91,107)(H,92,102)(H,93,106)(H,103,104)/t56-,57+,62+,66+,67+,70+,84?/m1/s1. The third-order valence-corrected chi connectivity index (χ3v) is 20.7. The summed E-state index contributed by atoms with van der Waals surface area (Å²) in [5.41, 5.74) is 8.98. The van der Waals surface area contributed by atoms with Crippen molar-refractivity contribution >= 4 is 99.7 Å². The number of allylic oxidation sites excluding steroid dienone is 1. The zero-order valence-corrected chi connectivity index (χ0v) is 69.9. The minimum Gasteiger partial charge on any atom is -0.493 e. The van der Waals surface area contributed by atoms with E-state index in [-0.39, 0.29) is 239 Å². The Hall–Kier alpha value is -11.5. The van der Waals surface area contributed by atoms with Gasteiger partial charge in [0.2, 0.25) is 35.4 Å². The van der Waals surface area contributed by atoms with Gasteiger partial charge in [0.15, 0.2) is 29.3 Å². The lowest BCUT2D eigenvalue weighted by atomic mass is 10.00. The monoisotopic (exact) mass is 1720 g/mol. The predicted molar refractivity (Wildman–Crippen MR) is 445 cm³/mol. The average Bonchev–Trinajstić information content (AvgIpc) is 1.63. The van der Waals surface area contributed by atoms with Crippen molar-refractivity contribution in [1.29, 1.82) is 0 Å². The molecular formula is C86H113N11O26. The first-order chi connectivity index (χ1) is 59.3. The van der Waals surface area contributed by atoms with Gasteiger partial charge in [0, 0.05) is 100 Å². The van der Waals surface area contributed by atoms with Gasteiger partial charge >= 0.3 is 18.2 Å². The minimum atomic E-state index is -1.59. The molecular weight excluding hydrogens is 1600 g/mol. The molecule has 7 atom stereocenters. The van der Waals surface area contributed by atoms with E-state index in [4.69, 9.17) is 57.8 Å². The van der Waals surface area contributed by atoms with Crippen LogP contribution in [0.15, 0.2) is 97.1 Å². The maximum Gasteiger partial charge on any atom is 0.416 e. The molecule has 8 bridgehead atoms. The summed E-state index contributed by atoms with van der Waals surface area (Å²) in [6.45, 7) is 11.6. The number of nitrogens with zero attached hydrogens (tertiary/aromatic N) is 4. The van der Waals surface area contributed by atoms with Gasteiger partial charge in [-0.3, -0.25) is 57.6 Å². The molecule has 0 saturated carbocycles. The number of aliphatic carboxylic acids is 1. The highest BCUT2D eigenvalue weighted by Crippen LogP contribution is 2.42. The number of hydrogen-bond acceptors (Lipinski definition) is 26. The second-order valence-electron chi connectivity index (χ2n) is 30.1. The van der Waals surface area contributed by atoms with Gasteiger partial charge in [-0.2, -0.15) is 0 Å². The number of hydrogen-bond donors (Lipinski definition) is 9. The number of methoxy groups -OCH3 is 1. The summed E-state index contributed by atoms with van der Waals surface area (Å²) in [4.78, 5) is 180. The molecule has 1 unspecified atom stereocenters. The Balaban J connectivity index is 0.830. The summed E-state index contributed by atoms with van der Waals surface area (Å²) in [6.07, 6.45) is 1.15. The number of aryl methyl sites for hydroxylation is 1. The number of ketones is 2. The van der Waals surface area contributed by atoms with Crippen molar-refractivity contribution < 1.29 is 125 Å². The number of carbonyl (C=O) groups excluding carboxylic acids is 12. The topological polar surface area (TPSA) is 475 Å². The van der Waals surface area contributed by atoms with Crippen molar-refractivity contribution in [2.24, 2.45) is 11.7 Å². The van der Waals surface area contributed by atoms with Gasteiger partial charge in [0.1, 0.15) is 31.0 Å².